The summed E-state index contributed by atoms with van der Waals surface area (Å²) >= 11 is 0. The minimum absolute atomic E-state index is 0.336. The molecule has 0 amide bonds. The van der Waals surface area contributed by atoms with Crippen LogP contribution in [0.4, 0.5) is 0 Å². The van der Waals surface area contributed by atoms with Gasteiger partial charge < -0.3 is 14.2 Å². The molecule has 0 aromatic carbocycles. The Balaban J connectivity index is 2.65. The third-order valence-corrected chi connectivity index (χ3v) is 0.820. The van der Waals surface area contributed by atoms with E-state index in [0.717, 1.165) is 0 Å². The highest BCUT2D eigenvalue weighted by Gasteiger charge is 1.85. The van der Waals surface area contributed by atoms with E-state index in [0.29, 0.717) is 26.7 Å². The summed E-state index contributed by atoms with van der Waals surface area (Å²) in [4.78, 5) is 0. The van der Waals surface area contributed by atoms with Gasteiger partial charge in [-0.3, -0.25) is 5.32 Å². The Kier molecular flexibility index (Phi) is 8.70. The molecular weight excluding hydrogens is 134 g/mol. The Morgan fingerprint density at radius 2 is 1.90 bits per heavy atom. The molecule has 0 aliphatic heterocycles. The molecule has 62 valence electrons. The van der Waals surface area contributed by atoms with Crippen LogP contribution in [0.25, 0.3) is 0 Å². The molecule has 0 aromatic heterocycles. The minimum atomic E-state index is 0.336. The number of ether oxygens (including phenoxy) is 3. The first-order valence-electron chi connectivity index (χ1n) is 3.21. The zero-order chi connectivity index (χ0) is 7.66. The van der Waals surface area contributed by atoms with Crippen LogP contribution in [-0.4, -0.2) is 40.9 Å². The summed E-state index contributed by atoms with van der Waals surface area (Å²) in [7, 11) is 3.42. The van der Waals surface area contributed by atoms with Crippen molar-refractivity contribution in [3.8, 4) is 0 Å². The zero-order valence-corrected chi connectivity index (χ0v) is 6.55. The van der Waals surface area contributed by atoms with Crippen LogP contribution in [-0.2, 0) is 14.2 Å². The van der Waals surface area contributed by atoms with E-state index in [9.17, 15) is 0 Å². The fourth-order valence-electron chi connectivity index (χ4n) is 0.434. The molecule has 0 unspecified atom stereocenters. The molecule has 0 spiro atoms. The maximum Gasteiger partial charge on any atom is 0.146 e. The molecular formula is C6H15NO3. The van der Waals surface area contributed by atoms with Crippen molar-refractivity contribution in [2.24, 2.45) is 0 Å². The molecule has 0 aliphatic carbocycles. The molecule has 1 N–H and O–H groups in total. The van der Waals surface area contributed by atoms with Crippen molar-refractivity contribution in [1.82, 2.24) is 5.32 Å². The second-order valence-electron chi connectivity index (χ2n) is 1.72. The van der Waals surface area contributed by atoms with Crippen molar-refractivity contribution in [3.63, 3.8) is 0 Å². The quantitative estimate of drug-likeness (QED) is 0.402. The molecule has 0 saturated heterocycles. The maximum atomic E-state index is 5.04. The lowest BCUT2D eigenvalue weighted by atomic mass is 10.8. The molecule has 0 aliphatic rings. The SMILES string of the molecule is CNCOCCOCOC. The lowest BCUT2D eigenvalue weighted by Crippen LogP contribution is -2.15. The Hall–Kier alpha value is -0.160. The van der Waals surface area contributed by atoms with E-state index >= 15 is 0 Å². The van der Waals surface area contributed by atoms with Gasteiger partial charge in [-0.1, -0.05) is 0 Å². The van der Waals surface area contributed by atoms with Crippen molar-refractivity contribution in [1.29, 1.82) is 0 Å². The summed E-state index contributed by atoms with van der Waals surface area (Å²) in [5, 5.41) is 2.85. The second-order valence-corrected chi connectivity index (χ2v) is 1.72. The summed E-state index contributed by atoms with van der Waals surface area (Å²) in [6, 6.07) is 0. The van der Waals surface area contributed by atoms with Gasteiger partial charge in [0, 0.05) is 7.11 Å². The molecule has 4 heteroatoms. The predicted octanol–water partition coefficient (Wildman–Crippen LogP) is -0.200. The van der Waals surface area contributed by atoms with Gasteiger partial charge in [-0.15, -0.1) is 0 Å². The third-order valence-electron chi connectivity index (χ3n) is 0.820. The van der Waals surface area contributed by atoms with Crippen molar-refractivity contribution in [2.45, 2.75) is 0 Å². The normalized spacial score (nSPS) is 10.2. The molecule has 0 radical (unpaired) electrons. The monoisotopic (exact) mass is 149 g/mol. The lowest BCUT2D eigenvalue weighted by Gasteiger charge is -2.03. The van der Waals surface area contributed by atoms with Crippen molar-refractivity contribution < 1.29 is 14.2 Å². The lowest BCUT2D eigenvalue weighted by molar-refractivity contribution is -0.0517. The second kappa shape index (κ2) is 8.84. The van der Waals surface area contributed by atoms with Gasteiger partial charge in [0.2, 0.25) is 0 Å². The Labute approximate surface area is 61.5 Å². The van der Waals surface area contributed by atoms with Crippen molar-refractivity contribution in [2.75, 3.05) is 40.9 Å². The van der Waals surface area contributed by atoms with Gasteiger partial charge >= 0.3 is 0 Å². The number of methoxy groups -OCH3 is 1. The molecule has 0 saturated carbocycles. The van der Waals surface area contributed by atoms with Gasteiger partial charge in [0.25, 0.3) is 0 Å². The fourth-order valence-corrected chi connectivity index (χ4v) is 0.434. The number of rotatable bonds is 7. The summed E-state index contributed by atoms with van der Waals surface area (Å²) in [6.07, 6.45) is 0. The summed E-state index contributed by atoms with van der Waals surface area (Å²) in [5.74, 6) is 0. The highest BCUT2D eigenvalue weighted by Crippen LogP contribution is 1.76. The summed E-state index contributed by atoms with van der Waals surface area (Å²) in [5.41, 5.74) is 0. The first-order chi connectivity index (χ1) is 4.91. The Bertz CT molecular complexity index is 53.0. The smallest absolute Gasteiger partial charge is 0.146 e. The highest BCUT2D eigenvalue weighted by atomic mass is 16.7. The van der Waals surface area contributed by atoms with E-state index in [1.807, 2.05) is 7.05 Å². The van der Waals surface area contributed by atoms with Crippen LogP contribution in [0.2, 0.25) is 0 Å². The molecule has 10 heavy (non-hydrogen) atoms. The molecule has 0 rings (SSSR count). The van der Waals surface area contributed by atoms with Gasteiger partial charge in [-0.2, -0.15) is 0 Å². The Morgan fingerprint density at radius 3 is 2.50 bits per heavy atom. The minimum Gasteiger partial charge on any atom is -0.364 e. The first kappa shape index (κ1) is 9.84. The van der Waals surface area contributed by atoms with Crippen molar-refractivity contribution >= 4 is 0 Å². The van der Waals surface area contributed by atoms with Crippen LogP contribution in [0.1, 0.15) is 0 Å². The summed E-state index contributed by atoms with van der Waals surface area (Å²) in [6.45, 7) is 2.08. The van der Waals surface area contributed by atoms with Gasteiger partial charge in [0.15, 0.2) is 0 Å². The summed E-state index contributed by atoms with van der Waals surface area (Å²) < 4.78 is 14.6. The topological polar surface area (TPSA) is 39.7 Å². The van der Waals surface area contributed by atoms with Gasteiger partial charge in [-0.25, -0.2) is 0 Å². The molecule has 0 bridgehead atoms. The van der Waals surface area contributed by atoms with Crippen LogP contribution in [0.5, 0.6) is 0 Å². The van der Waals surface area contributed by atoms with E-state index in [1.54, 1.807) is 7.11 Å². The average Bonchev–Trinajstić information content (AvgIpc) is 1.97. The van der Waals surface area contributed by atoms with E-state index in [4.69, 9.17) is 9.47 Å². The Morgan fingerprint density at radius 1 is 1.20 bits per heavy atom. The largest absolute Gasteiger partial charge is 0.364 e. The number of hydrogen-bond donors (Lipinski definition) is 1. The van der Waals surface area contributed by atoms with Gasteiger partial charge in [-0.05, 0) is 7.05 Å². The fraction of sp³-hybridized carbons (Fsp3) is 1.00. The molecule has 0 aromatic rings. The van der Waals surface area contributed by atoms with E-state index in [1.165, 1.54) is 0 Å². The standard InChI is InChI=1S/C6H15NO3/c1-7-5-9-3-4-10-6-8-2/h7H,3-6H2,1-2H3. The van der Waals surface area contributed by atoms with Gasteiger partial charge in [0.1, 0.15) is 6.79 Å². The number of nitrogens with one attached hydrogen (secondary N) is 1. The van der Waals surface area contributed by atoms with E-state index in [-0.39, 0.29) is 0 Å². The average molecular weight is 149 g/mol. The van der Waals surface area contributed by atoms with Crippen LogP contribution in [0, 0.1) is 0 Å². The molecule has 0 atom stereocenters. The molecule has 0 heterocycles. The van der Waals surface area contributed by atoms with E-state index < -0.39 is 0 Å². The van der Waals surface area contributed by atoms with Crippen LogP contribution >= 0.6 is 0 Å². The van der Waals surface area contributed by atoms with Crippen LogP contribution in [0.15, 0.2) is 0 Å². The first-order valence-corrected chi connectivity index (χ1v) is 3.21. The van der Waals surface area contributed by atoms with Crippen LogP contribution in [0.3, 0.4) is 0 Å². The maximum absolute atomic E-state index is 5.04. The zero-order valence-electron chi connectivity index (χ0n) is 6.55. The van der Waals surface area contributed by atoms with Crippen molar-refractivity contribution in [3.05, 3.63) is 0 Å². The van der Waals surface area contributed by atoms with E-state index in [2.05, 4.69) is 10.1 Å². The predicted molar refractivity (Wildman–Crippen MR) is 37.7 cm³/mol. The third kappa shape index (κ3) is 7.84. The molecule has 0 fully saturated rings. The van der Waals surface area contributed by atoms with Crippen LogP contribution < -0.4 is 5.32 Å². The highest BCUT2D eigenvalue weighted by molar-refractivity contribution is 4.25. The van der Waals surface area contributed by atoms with Gasteiger partial charge in [0.05, 0.1) is 19.9 Å². The number of hydrogen-bond acceptors (Lipinski definition) is 4. The molecule has 4 nitrogen and oxygen atoms in total.